The average Bonchev–Trinajstić information content (AvgIpc) is 3.16. The van der Waals surface area contributed by atoms with Crippen LogP contribution in [0.3, 0.4) is 0 Å². The van der Waals surface area contributed by atoms with Crippen molar-refractivity contribution in [1.29, 1.82) is 0 Å². The summed E-state index contributed by atoms with van der Waals surface area (Å²) in [5.41, 5.74) is -1.13. The number of nitrogens with zero attached hydrogens (tertiary/aromatic N) is 2. The molecular weight excluding hydrogens is 559 g/mol. The molecule has 0 radical (unpaired) electrons. The van der Waals surface area contributed by atoms with Gasteiger partial charge in [0.25, 0.3) is 5.56 Å². The third-order valence-electron chi connectivity index (χ3n) is 8.53. The molecule has 1 saturated heterocycles. The normalized spacial score (nSPS) is 20.8. The lowest BCUT2D eigenvalue weighted by Crippen LogP contribution is -2.48. The second-order valence-corrected chi connectivity index (χ2v) is 24.8. The predicted molar refractivity (Wildman–Crippen MR) is 168 cm³/mol. The van der Waals surface area contributed by atoms with Crippen LogP contribution in [-0.2, 0) is 24.9 Å². The SMILES string of the molecule is Cc1cn([C@H]2C[C@H](O[Si](C)(C)C(C)(C)C)[C@@H](CO[Si](C)(C)C(C)(C)C)O2)c(=O)n(CCNC(=O)OC(C)(C)C)c1=O. The van der Waals surface area contributed by atoms with Crippen LogP contribution >= 0.6 is 0 Å². The summed E-state index contributed by atoms with van der Waals surface area (Å²) in [6.07, 6.45) is 0.193. The fourth-order valence-electron chi connectivity index (χ4n) is 3.95. The molecule has 0 aliphatic carbocycles. The first-order chi connectivity index (χ1) is 18.4. The zero-order valence-electron chi connectivity index (χ0n) is 27.9. The minimum Gasteiger partial charge on any atom is -0.444 e. The molecule has 1 aliphatic heterocycles. The molecule has 1 aromatic rings. The van der Waals surface area contributed by atoms with E-state index in [1.54, 1.807) is 33.9 Å². The fourth-order valence-corrected chi connectivity index (χ4v) is 6.33. The van der Waals surface area contributed by atoms with Crippen molar-refractivity contribution in [2.24, 2.45) is 0 Å². The van der Waals surface area contributed by atoms with E-state index < -0.39 is 45.8 Å². The highest BCUT2D eigenvalue weighted by Gasteiger charge is 2.47. The molecule has 0 unspecified atom stereocenters. The highest BCUT2D eigenvalue weighted by atomic mass is 28.4. The van der Waals surface area contributed by atoms with Crippen LogP contribution in [0.4, 0.5) is 4.79 Å². The molecule has 236 valence electrons. The molecule has 10 nitrogen and oxygen atoms in total. The van der Waals surface area contributed by atoms with E-state index in [1.165, 1.54) is 4.57 Å². The van der Waals surface area contributed by atoms with Gasteiger partial charge in [-0.3, -0.25) is 13.9 Å². The van der Waals surface area contributed by atoms with Crippen molar-refractivity contribution < 1.29 is 23.1 Å². The van der Waals surface area contributed by atoms with E-state index in [-0.39, 0.29) is 35.4 Å². The van der Waals surface area contributed by atoms with Gasteiger partial charge in [-0.25, -0.2) is 9.59 Å². The summed E-state index contributed by atoms with van der Waals surface area (Å²) in [6.45, 7) is 29.4. The molecule has 2 rings (SSSR count). The second-order valence-electron chi connectivity index (χ2n) is 15.2. The largest absolute Gasteiger partial charge is 0.444 e. The molecule has 1 N–H and O–H groups in total. The van der Waals surface area contributed by atoms with Gasteiger partial charge in [-0.1, -0.05) is 41.5 Å². The Morgan fingerprint density at radius 3 is 2.07 bits per heavy atom. The molecule has 1 fully saturated rings. The van der Waals surface area contributed by atoms with Crippen LogP contribution in [0, 0.1) is 6.92 Å². The first-order valence-corrected chi connectivity index (χ1v) is 20.4. The van der Waals surface area contributed by atoms with Crippen molar-refractivity contribution in [3.05, 3.63) is 32.6 Å². The summed E-state index contributed by atoms with van der Waals surface area (Å²) >= 11 is 0. The van der Waals surface area contributed by atoms with Crippen LogP contribution in [0.5, 0.6) is 0 Å². The van der Waals surface area contributed by atoms with E-state index in [1.807, 2.05) is 0 Å². The summed E-state index contributed by atoms with van der Waals surface area (Å²) in [6, 6.07) is 0. The molecule has 3 atom stereocenters. The second kappa shape index (κ2) is 12.5. The fraction of sp³-hybridized carbons (Fsp3) is 0.828. The van der Waals surface area contributed by atoms with Gasteiger partial charge in [0.15, 0.2) is 16.6 Å². The summed E-state index contributed by atoms with van der Waals surface area (Å²) < 4.78 is 27.8. The number of hydrogen-bond donors (Lipinski definition) is 1. The molecule has 12 heteroatoms. The monoisotopic (exact) mass is 613 g/mol. The van der Waals surface area contributed by atoms with E-state index in [0.29, 0.717) is 18.6 Å². The number of ether oxygens (including phenoxy) is 2. The average molecular weight is 614 g/mol. The van der Waals surface area contributed by atoms with E-state index in [4.69, 9.17) is 18.3 Å². The zero-order valence-corrected chi connectivity index (χ0v) is 29.9. The molecule has 2 heterocycles. The molecular formula is C29H55N3O7Si2. The number of alkyl carbamates (subject to hydrolysis) is 1. The first-order valence-electron chi connectivity index (χ1n) is 14.6. The Kier molecular flexibility index (Phi) is 10.8. The maximum absolute atomic E-state index is 13.6. The Morgan fingerprint density at radius 2 is 1.56 bits per heavy atom. The molecule has 0 aromatic carbocycles. The molecule has 0 saturated carbocycles. The maximum Gasteiger partial charge on any atom is 0.407 e. The predicted octanol–water partition coefficient (Wildman–Crippen LogP) is 5.54. The lowest BCUT2D eigenvalue weighted by atomic mass is 10.2. The minimum atomic E-state index is -2.16. The van der Waals surface area contributed by atoms with Gasteiger partial charge in [-0.2, -0.15) is 0 Å². The third kappa shape index (κ3) is 9.12. The molecule has 1 aliphatic rings. The van der Waals surface area contributed by atoms with E-state index >= 15 is 0 Å². The standard InChI is InChI=1S/C29H55N3O7Si2/c1-20-18-32(26(35)31(24(20)33)16-15-30-25(34)38-27(2,3)4)23-17-21(39-41(13,14)29(8,9)10)22(37-23)19-36-40(11,12)28(5,6)7/h18,21-23H,15-17,19H2,1-14H3,(H,30,34)/t21-,22+,23+/m0/s1. The summed E-state index contributed by atoms with van der Waals surface area (Å²) in [5, 5.41) is 2.66. The molecule has 1 amide bonds. The highest BCUT2D eigenvalue weighted by Crippen LogP contribution is 2.42. The molecule has 0 spiro atoms. The van der Waals surface area contributed by atoms with Crippen molar-refractivity contribution >= 4 is 22.7 Å². The highest BCUT2D eigenvalue weighted by molar-refractivity contribution is 6.74. The molecule has 41 heavy (non-hydrogen) atoms. The van der Waals surface area contributed by atoms with Crippen molar-refractivity contribution in [3.63, 3.8) is 0 Å². The molecule has 1 aromatic heterocycles. The Morgan fingerprint density at radius 1 is 1.00 bits per heavy atom. The summed E-state index contributed by atoms with van der Waals surface area (Å²) in [4.78, 5) is 38.6. The van der Waals surface area contributed by atoms with Gasteiger partial charge in [0.1, 0.15) is 17.9 Å². The number of amides is 1. The van der Waals surface area contributed by atoms with E-state index in [2.05, 4.69) is 73.0 Å². The summed E-state index contributed by atoms with van der Waals surface area (Å²) in [5.74, 6) is 0. The van der Waals surface area contributed by atoms with Gasteiger partial charge < -0.3 is 23.6 Å². The van der Waals surface area contributed by atoms with Crippen LogP contribution in [0.25, 0.3) is 0 Å². The van der Waals surface area contributed by atoms with Crippen LogP contribution in [0.1, 0.15) is 80.5 Å². The van der Waals surface area contributed by atoms with Gasteiger partial charge in [0.05, 0.1) is 12.7 Å². The lowest BCUT2D eigenvalue weighted by Gasteiger charge is -2.40. The van der Waals surface area contributed by atoms with Crippen molar-refractivity contribution in [2.75, 3.05) is 13.2 Å². The van der Waals surface area contributed by atoms with Crippen LogP contribution in [0.15, 0.2) is 15.8 Å². The Hall–Kier alpha value is -1.74. The number of aromatic nitrogens is 2. The van der Waals surface area contributed by atoms with Crippen LogP contribution in [0.2, 0.25) is 36.3 Å². The topological polar surface area (TPSA) is 110 Å². The van der Waals surface area contributed by atoms with Gasteiger partial charge in [0.2, 0.25) is 0 Å². The summed E-state index contributed by atoms with van der Waals surface area (Å²) in [7, 11) is -4.22. The number of rotatable bonds is 9. The van der Waals surface area contributed by atoms with Crippen molar-refractivity contribution in [1.82, 2.24) is 14.5 Å². The Balaban J connectivity index is 2.35. The number of hydrogen-bond acceptors (Lipinski definition) is 7. The van der Waals surface area contributed by atoms with Crippen LogP contribution < -0.4 is 16.6 Å². The lowest BCUT2D eigenvalue weighted by molar-refractivity contribution is -0.0417. The minimum absolute atomic E-state index is 0.00227. The number of nitrogens with one attached hydrogen (secondary N) is 1. The zero-order chi connectivity index (χ0) is 31.8. The third-order valence-corrected chi connectivity index (χ3v) is 17.5. The van der Waals surface area contributed by atoms with Gasteiger partial charge in [0, 0.05) is 31.3 Å². The number of carbonyl (C=O) groups is 1. The van der Waals surface area contributed by atoms with E-state index in [0.717, 1.165) is 4.57 Å². The quantitative estimate of drug-likeness (QED) is 0.364. The smallest absolute Gasteiger partial charge is 0.407 e. The number of aryl methyl sites for hydroxylation is 1. The van der Waals surface area contributed by atoms with Gasteiger partial charge in [-0.05, 0) is 64.0 Å². The van der Waals surface area contributed by atoms with Gasteiger partial charge in [-0.15, -0.1) is 0 Å². The Bertz CT molecular complexity index is 1190. The first kappa shape index (κ1) is 35.5. The van der Waals surface area contributed by atoms with Crippen LogP contribution in [-0.4, -0.2) is 62.8 Å². The number of carbonyl (C=O) groups excluding carboxylic acids is 1. The van der Waals surface area contributed by atoms with Gasteiger partial charge >= 0.3 is 11.8 Å². The van der Waals surface area contributed by atoms with E-state index in [9.17, 15) is 14.4 Å². The van der Waals surface area contributed by atoms with Crippen molar-refractivity contribution in [3.8, 4) is 0 Å². The molecule has 0 bridgehead atoms. The van der Waals surface area contributed by atoms with Crippen molar-refractivity contribution in [2.45, 2.75) is 143 Å². The maximum atomic E-state index is 13.6. The Labute approximate surface area is 248 Å².